The van der Waals surface area contributed by atoms with Crippen molar-refractivity contribution in [3.05, 3.63) is 83.9 Å². The van der Waals surface area contributed by atoms with Crippen LogP contribution in [0, 0.1) is 11.8 Å². The van der Waals surface area contributed by atoms with Gasteiger partial charge in [-0.15, -0.1) is 0 Å². The first-order chi connectivity index (χ1) is 10.7. The molecule has 0 bridgehead atoms. The van der Waals surface area contributed by atoms with Crippen molar-refractivity contribution in [2.45, 2.75) is 0 Å². The molecule has 0 amide bonds. The van der Waals surface area contributed by atoms with Gasteiger partial charge in [-0.3, -0.25) is 0 Å². The number of imidazole rings is 1. The second-order valence-corrected chi connectivity index (χ2v) is 4.62. The van der Waals surface area contributed by atoms with Crippen LogP contribution in [0.1, 0.15) is 21.5 Å². The molecule has 0 aliphatic carbocycles. The van der Waals surface area contributed by atoms with Crippen LogP contribution in [-0.4, -0.2) is 20.6 Å². The highest BCUT2D eigenvalue weighted by atomic mass is 16.4. The average molecular weight is 288 g/mol. The minimum Gasteiger partial charge on any atom is -0.478 e. The van der Waals surface area contributed by atoms with E-state index in [9.17, 15) is 4.79 Å². The Bertz CT molecular complexity index is 857. The molecule has 106 valence electrons. The van der Waals surface area contributed by atoms with Crippen molar-refractivity contribution in [2.24, 2.45) is 0 Å². The van der Waals surface area contributed by atoms with Crippen LogP contribution in [-0.2, 0) is 0 Å². The van der Waals surface area contributed by atoms with Gasteiger partial charge in [0, 0.05) is 23.5 Å². The lowest BCUT2D eigenvalue weighted by atomic mass is 10.1. The van der Waals surface area contributed by atoms with Gasteiger partial charge in [0.05, 0.1) is 17.6 Å². The van der Waals surface area contributed by atoms with E-state index in [2.05, 4.69) is 16.8 Å². The van der Waals surface area contributed by atoms with E-state index in [1.165, 1.54) is 0 Å². The lowest BCUT2D eigenvalue weighted by molar-refractivity contribution is 0.0697. The molecule has 0 saturated carbocycles. The molecule has 0 aliphatic rings. The summed E-state index contributed by atoms with van der Waals surface area (Å²) in [6.45, 7) is 0. The monoisotopic (exact) mass is 288 g/mol. The van der Waals surface area contributed by atoms with Crippen molar-refractivity contribution >= 4 is 5.97 Å². The Hall–Kier alpha value is -3.32. The highest BCUT2D eigenvalue weighted by Gasteiger charge is 2.08. The third kappa shape index (κ3) is 2.89. The molecule has 0 aliphatic heterocycles. The number of carboxylic acids is 1. The fourth-order valence-corrected chi connectivity index (χ4v) is 2.06. The van der Waals surface area contributed by atoms with Crippen LogP contribution in [0.2, 0.25) is 0 Å². The van der Waals surface area contributed by atoms with Crippen LogP contribution in [0.5, 0.6) is 0 Å². The molecule has 3 rings (SSSR count). The molecule has 3 aromatic rings. The number of nitrogens with zero attached hydrogens (tertiary/aromatic N) is 2. The fourth-order valence-electron chi connectivity index (χ4n) is 2.06. The molecule has 0 spiro atoms. The van der Waals surface area contributed by atoms with Gasteiger partial charge in [0.1, 0.15) is 0 Å². The molecule has 0 atom stereocenters. The minimum absolute atomic E-state index is 0.209. The summed E-state index contributed by atoms with van der Waals surface area (Å²) in [6.07, 6.45) is 5.12. The summed E-state index contributed by atoms with van der Waals surface area (Å²) in [4.78, 5) is 15.2. The van der Waals surface area contributed by atoms with Crippen molar-refractivity contribution in [2.75, 3.05) is 0 Å². The summed E-state index contributed by atoms with van der Waals surface area (Å²) in [5.41, 5.74) is 2.52. The van der Waals surface area contributed by atoms with Crippen LogP contribution in [0.25, 0.3) is 5.69 Å². The number of carbonyl (C=O) groups is 1. The van der Waals surface area contributed by atoms with Gasteiger partial charge in [0.25, 0.3) is 0 Å². The molecular weight excluding hydrogens is 276 g/mol. The summed E-state index contributed by atoms with van der Waals surface area (Å²) in [5, 5.41) is 9.15. The van der Waals surface area contributed by atoms with Crippen LogP contribution >= 0.6 is 0 Å². The molecule has 0 saturated heterocycles. The zero-order valence-corrected chi connectivity index (χ0v) is 11.6. The van der Waals surface area contributed by atoms with Crippen molar-refractivity contribution in [1.82, 2.24) is 9.55 Å². The molecule has 0 radical (unpaired) electrons. The quantitative estimate of drug-likeness (QED) is 0.738. The molecule has 22 heavy (non-hydrogen) atoms. The minimum atomic E-state index is -0.972. The van der Waals surface area contributed by atoms with E-state index in [1.54, 1.807) is 41.5 Å². The molecule has 0 unspecified atom stereocenters. The van der Waals surface area contributed by atoms with Crippen LogP contribution in [0.3, 0.4) is 0 Å². The molecule has 1 heterocycles. The lowest BCUT2D eigenvalue weighted by Crippen LogP contribution is -2.00. The van der Waals surface area contributed by atoms with Gasteiger partial charge in [-0.2, -0.15) is 0 Å². The molecule has 4 heteroatoms. The Balaban J connectivity index is 2.09. The second kappa shape index (κ2) is 5.98. The first kappa shape index (κ1) is 13.7. The predicted octanol–water partition coefficient (Wildman–Crippen LogP) is 2.97. The van der Waals surface area contributed by atoms with Gasteiger partial charge in [-0.1, -0.05) is 30.0 Å². The van der Waals surface area contributed by atoms with Gasteiger partial charge in [-0.05, 0) is 30.3 Å². The highest BCUT2D eigenvalue weighted by Crippen LogP contribution is 2.16. The molecular formula is C18H12N2O2. The zero-order valence-electron chi connectivity index (χ0n) is 11.6. The van der Waals surface area contributed by atoms with Gasteiger partial charge < -0.3 is 9.67 Å². The van der Waals surface area contributed by atoms with Gasteiger partial charge in [-0.25, -0.2) is 9.78 Å². The second-order valence-electron chi connectivity index (χ2n) is 4.62. The van der Waals surface area contributed by atoms with Crippen molar-refractivity contribution < 1.29 is 9.90 Å². The SMILES string of the molecule is O=C(O)c1ccc(-n2ccnc2)c(C#Cc2ccccc2)c1. The van der Waals surface area contributed by atoms with E-state index in [0.29, 0.717) is 5.56 Å². The van der Waals surface area contributed by atoms with E-state index < -0.39 is 5.97 Å². The molecule has 0 fully saturated rings. The predicted molar refractivity (Wildman–Crippen MR) is 82.9 cm³/mol. The maximum atomic E-state index is 11.2. The van der Waals surface area contributed by atoms with E-state index in [-0.39, 0.29) is 5.56 Å². The molecule has 1 N–H and O–H groups in total. The number of aromatic carboxylic acids is 1. The van der Waals surface area contributed by atoms with E-state index in [4.69, 9.17) is 5.11 Å². The summed E-state index contributed by atoms with van der Waals surface area (Å²) in [5.74, 6) is 5.13. The Kier molecular flexibility index (Phi) is 3.71. The van der Waals surface area contributed by atoms with Crippen LogP contribution in [0.4, 0.5) is 0 Å². The number of hydrogen-bond acceptors (Lipinski definition) is 2. The number of benzene rings is 2. The maximum absolute atomic E-state index is 11.2. The topological polar surface area (TPSA) is 55.1 Å². The third-order valence-electron chi connectivity index (χ3n) is 3.14. The van der Waals surface area contributed by atoms with Gasteiger partial charge >= 0.3 is 5.97 Å². The molecule has 1 aromatic heterocycles. The van der Waals surface area contributed by atoms with Crippen LogP contribution in [0.15, 0.2) is 67.3 Å². The van der Waals surface area contributed by atoms with E-state index >= 15 is 0 Å². The van der Waals surface area contributed by atoms with Crippen molar-refractivity contribution in [1.29, 1.82) is 0 Å². The third-order valence-corrected chi connectivity index (χ3v) is 3.14. The summed E-state index contributed by atoms with van der Waals surface area (Å²) in [7, 11) is 0. The average Bonchev–Trinajstić information content (AvgIpc) is 3.08. The number of carboxylic acid groups (broad SMARTS) is 1. The lowest BCUT2D eigenvalue weighted by Gasteiger charge is -2.06. The fraction of sp³-hybridized carbons (Fsp3) is 0. The first-order valence-electron chi connectivity index (χ1n) is 6.67. The van der Waals surface area contributed by atoms with Crippen LogP contribution < -0.4 is 0 Å². The van der Waals surface area contributed by atoms with Crippen molar-refractivity contribution in [3.8, 4) is 17.5 Å². The normalized spacial score (nSPS) is 9.82. The smallest absolute Gasteiger partial charge is 0.335 e. The van der Waals surface area contributed by atoms with Gasteiger partial charge in [0.15, 0.2) is 0 Å². The molecule has 2 aromatic carbocycles. The number of rotatable bonds is 2. The Labute approximate surface area is 127 Å². The van der Waals surface area contributed by atoms with Gasteiger partial charge in [0.2, 0.25) is 0 Å². The Morgan fingerprint density at radius 3 is 2.59 bits per heavy atom. The zero-order chi connectivity index (χ0) is 15.4. The standard InChI is InChI=1S/C18H12N2O2/c21-18(22)16-8-9-17(20-11-10-19-13-20)15(12-16)7-6-14-4-2-1-3-5-14/h1-5,8-13H,(H,21,22). The summed E-state index contributed by atoms with van der Waals surface area (Å²) in [6, 6.07) is 14.4. The summed E-state index contributed by atoms with van der Waals surface area (Å²) < 4.78 is 1.81. The van der Waals surface area contributed by atoms with E-state index in [0.717, 1.165) is 11.3 Å². The largest absolute Gasteiger partial charge is 0.478 e. The Morgan fingerprint density at radius 2 is 1.91 bits per heavy atom. The summed E-state index contributed by atoms with van der Waals surface area (Å²) >= 11 is 0. The van der Waals surface area contributed by atoms with Crippen molar-refractivity contribution in [3.63, 3.8) is 0 Å². The molecule has 4 nitrogen and oxygen atoms in total. The maximum Gasteiger partial charge on any atom is 0.335 e. The first-order valence-corrected chi connectivity index (χ1v) is 6.67. The number of aromatic nitrogens is 2. The number of hydrogen-bond donors (Lipinski definition) is 1. The Morgan fingerprint density at radius 1 is 1.09 bits per heavy atom. The van der Waals surface area contributed by atoms with E-state index in [1.807, 2.05) is 30.3 Å². The highest BCUT2D eigenvalue weighted by molar-refractivity contribution is 5.88.